The Morgan fingerprint density at radius 1 is 1.26 bits per heavy atom. The van der Waals surface area contributed by atoms with Crippen LogP contribution in [0.4, 0.5) is 11.5 Å². The number of ether oxygens (including phenoxy) is 1. The average molecular weight is 510 g/mol. The Balaban J connectivity index is 1.28. The molecule has 2 heterocycles. The van der Waals surface area contributed by atoms with Crippen LogP contribution in [0.1, 0.15) is 63.9 Å². The second kappa shape index (κ2) is 8.07. The van der Waals surface area contributed by atoms with Gasteiger partial charge in [0.1, 0.15) is 5.76 Å². The molecule has 0 saturated heterocycles. The van der Waals surface area contributed by atoms with Crippen molar-refractivity contribution in [3.8, 4) is 0 Å². The summed E-state index contributed by atoms with van der Waals surface area (Å²) in [5.74, 6) is 2.33. The number of hydrogen-bond donors (Lipinski definition) is 1. The maximum absolute atomic E-state index is 13.9. The number of amides is 1. The largest absolute Gasteiger partial charge is 0.496 e. The van der Waals surface area contributed by atoms with Crippen LogP contribution in [0.25, 0.3) is 11.0 Å². The number of carbonyl (C=O) groups excluding carboxylic acids is 1. The van der Waals surface area contributed by atoms with Gasteiger partial charge < -0.3 is 14.0 Å². The van der Waals surface area contributed by atoms with Gasteiger partial charge in [-0.1, -0.05) is 29.3 Å². The zero-order valence-electron chi connectivity index (χ0n) is 19.7. The molecule has 35 heavy (non-hydrogen) atoms. The number of rotatable bonds is 8. The third-order valence-electron chi connectivity index (χ3n) is 7.74. The van der Waals surface area contributed by atoms with E-state index >= 15 is 0 Å². The summed E-state index contributed by atoms with van der Waals surface area (Å²) in [6, 6.07) is 4.09. The number of aromatic nitrogens is 1. The van der Waals surface area contributed by atoms with E-state index in [0.29, 0.717) is 28.2 Å². The van der Waals surface area contributed by atoms with Gasteiger partial charge in [-0.05, 0) is 86.6 Å². The predicted molar refractivity (Wildman–Crippen MR) is 139 cm³/mol. The zero-order valence-corrected chi connectivity index (χ0v) is 21.3. The van der Waals surface area contributed by atoms with E-state index in [9.17, 15) is 4.79 Å². The van der Waals surface area contributed by atoms with Crippen LogP contribution in [0.5, 0.6) is 0 Å². The molecule has 1 N–H and O–H groups in total. The molecule has 0 bridgehead atoms. The molecule has 5 aliphatic rings. The maximum Gasteiger partial charge on any atom is 0.242 e. The third kappa shape index (κ3) is 3.78. The fourth-order valence-corrected chi connectivity index (χ4v) is 6.06. The third-order valence-corrected chi connectivity index (χ3v) is 9.17. The molecule has 1 spiro atoms. The molecule has 2 aromatic rings. The molecule has 0 unspecified atom stereocenters. The number of allylic oxidation sites excluding steroid dienone is 4. The molecule has 1 aliphatic heterocycles. The van der Waals surface area contributed by atoms with Gasteiger partial charge in [0.2, 0.25) is 5.91 Å². The molecule has 6 nitrogen and oxygen atoms in total. The van der Waals surface area contributed by atoms with Gasteiger partial charge in [0, 0.05) is 17.7 Å². The first kappa shape index (κ1) is 21.9. The molecule has 1 aromatic heterocycles. The minimum absolute atomic E-state index is 0.125. The van der Waals surface area contributed by atoms with E-state index in [1.165, 1.54) is 31.3 Å². The fourth-order valence-electron chi connectivity index (χ4n) is 5.03. The molecule has 1 amide bonds. The van der Waals surface area contributed by atoms with Crippen LogP contribution in [0, 0.1) is 5.92 Å². The van der Waals surface area contributed by atoms with E-state index in [1.54, 1.807) is 11.9 Å². The van der Waals surface area contributed by atoms with Crippen molar-refractivity contribution in [1.29, 1.82) is 0 Å². The number of nitrogens with one attached hydrogen (secondary N) is 1. The van der Waals surface area contributed by atoms with Gasteiger partial charge >= 0.3 is 0 Å². The standard InChI is InChI=1S/C27H28ClN3O3S/c1-2-15-9-17(11-21(28)24(10-15)33-14-16-3-4-16)31-22-13-23-19(12-20(22)27(7-8-27)26(31)32)25(29-34-23)30-35-18-5-6-18/h9,11-13,16,18H,2-8,10,14H2,1H3,(H,29,30). The van der Waals surface area contributed by atoms with Crippen molar-refractivity contribution in [1.82, 2.24) is 5.16 Å². The van der Waals surface area contributed by atoms with Crippen molar-refractivity contribution in [3.63, 3.8) is 0 Å². The maximum atomic E-state index is 13.9. The minimum atomic E-state index is -0.448. The van der Waals surface area contributed by atoms with Gasteiger partial charge in [-0.15, -0.1) is 0 Å². The van der Waals surface area contributed by atoms with Crippen LogP contribution in [-0.2, 0) is 14.9 Å². The summed E-state index contributed by atoms with van der Waals surface area (Å²) in [6.07, 6.45) is 12.2. The van der Waals surface area contributed by atoms with Crippen molar-refractivity contribution in [3.05, 3.63) is 51.9 Å². The fraction of sp³-hybridized carbons (Fsp3) is 0.481. The smallest absolute Gasteiger partial charge is 0.242 e. The van der Waals surface area contributed by atoms with Gasteiger partial charge in [-0.3, -0.25) is 9.69 Å². The monoisotopic (exact) mass is 509 g/mol. The summed E-state index contributed by atoms with van der Waals surface area (Å²) < 4.78 is 15.2. The SMILES string of the molecule is CCC1=CC(N2C(=O)C3(CC3)c3cc4c(NSC5CC5)noc4cc32)=CC(Cl)=C(OCC2CC2)C1. The Labute approximate surface area is 213 Å². The molecule has 3 saturated carbocycles. The highest BCUT2D eigenvalue weighted by Gasteiger charge is 2.60. The summed E-state index contributed by atoms with van der Waals surface area (Å²) >= 11 is 8.48. The number of anilines is 2. The van der Waals surface area contributed by atoms with Crippen LogP contribution >= 0.6 is 23.5 Å². The Hall–Kier alpha value is -2.38. The first-order chi connectivity index (χ1) is 17.1. The first-order valence-electron chi connectivity index (χ1n) is 12.7. The van der Waals surface area contributed by atoms with Gasteiger partial charge in [0.05, 0.1) is 33.8 Å². The normalized spacial score (nSPS) is 22.9. The average Bonchev–Trinajstić information content (AvgIpc) is 3.72. The lowest BCUT2D eigenvalue weighted by Gasteiger charge is -2.20. The van der Waals surface area contributed by atoms with Crippen molar-refractivity contribution in [2.45, 2.75) is 69.0 Å². The van der Waals surface area contributed by atoms with Crippen LogP contribution in [0.15, 0.2) is 50.9 Å². The van der Waals surface area contributed by atoms with Crippen molar-refractivity contribution >= 4 is 51.9 Å². The second-order valence-electron chi connectivity index (χ2n) is 10.5. The molecular formula is C27H28ClN3O3S. The zero-order chi connectivity index (χ0) is 23.7. The Morgan fingerprint density at radius 3 is 2.80 bits per heavy atom. The number of fused-ring (bicyclic) bond motifs is 3. The number of hydrogen-bond acceptors (Lipinski definition) is 6. The van der Waals surface area contributed by atoms with Crippen molar-refractivity contribution < 1.29 is 14.1 Å². The lowest BCUT2D eigenvalue weighted by molar-refractivity contribution is -0.119. The van der Waals surface area contributed by atoms with E-state index < -0.39 is 5.41 Å². The quantitative estimate of drug-likeness (QED) is 0.389. The highest BCUT2D eigenvalue weighted by atomic mass is 35.5. The van der Waals surface area contributed by atoms with E-state index in [4.69, 9.17) is 20.9 Å². The van der Waals surface area contributed by atoms with Crippen LogP contribution in [0.2, 0.25) is 0 Å². The first-order valence-corrected chi connectivity index (χ1v) is 13.9. The van der Waals surface area contributed by atoms with E-state index in [1.807, 2.05) is 17.0 Å². The number of benzene rings is 1. The molecular weight excluding hydrogens is 482 g/mol. The van der Waals surface area contributed by atoms with E-state index in [-0.39, 0.29) is 5.91 Å². The summed E-state index contributed by atoms with van der Waals surface area (Å²) in [4.78, 5) is 15.7. The van der Waals surface area contributed by atoms with Gasteiger partial charge in [0.15, 0.2) is 11.4 Å². The lowest BCUT2D eigenvalue weighted by atomic mass is 9.96. The highest BCUT2D eigenvalue weighted by molar-refractivity contribution is 8.01. The number of carbonyl (C=O) groups is 1. The van der Waals surface area contributed by atoms with Crippen LogP contribution in [-0.4, -0.2) is 22.9 Å². The van der Waals surface area contributed by atoms with Gasteiger partial charge in [-0.2, -0.15) is 0 Å². The lowest BCUT2D eigenvalue weighted by Crippen LogP contribution is -2.31. The van der Waals surface area contributed by atoms with Gasteiger partial charge in [0.25, 0.3) is 0 Å². The molecule has 4 aliphatic carbocycles. The predicted octanol–water partition coefficient (Wildman–Crippen LogP) is 6.93. The van der Waals surface area contributed by atoms with Crippen molar-refractivity contribution in [2.24, 2.45) is 5.92 Å². The summed E-state index contributed by atoms with van der Waals surface area (Å²) in [5, 5.41) is 6.45. The topological polar surface area (TPSA) is 67.6 Å². The minimum Gasteiger partial charge on any atom is -0.496 e. The molecule has 3 fully saturated rings. The summed E-state index contributed by atoms with van der Waals surface area (Å²) in [6.45, 7) is 2.86. The molecule has 7 rings (SSSR count). The molecule has 1 aromatic carbocycles. The highest BCUT2D eigenvalue weighted by Crippen LogP contribution is 2.59. The Morgan fingerprint density at radius 2 is 2.09 bits per heavy atom. The molecule has 182 valence electrons. The van der Waals surface area contributed by atoms with Gasteiger partial charge in [-0.25, -0.2) is 0 Å². The number of halogens is 1. The Kier molecular flexibility index (Phi) is 5.04. The summed E-state index contributed by atoms with van der Waals surface area (Å²) in [5.41, 5.74) is 4.18. The van der Waals surface area contributed by atoms with Crippen LogP contribution in [0.3, 0.4) is 0 Å². The van der Waals surface area contributed by atoms with Crippen molar-refractivity contribution in [2.75, 3.05) is 16.2 Å². The van der Waals surface area contributed by atoms with E-state index in [2.05, 4.69) is 28.9 Å². The van der Waals surface area contributed by atoms with E-state index in [0.717, 1.165) is 59.8 Å². The molecule has 0 radical (unpaired) electrons. The molecule has 8 heteroatoms. The molecule has 0 atom stereocenters. The summed E-state index contributed by atoms with van der Waals surface area (Å²) in [7, 11) is 0. The number of nitrogens with zero attached hydrogens (tertiary/aromatic N) is 2. The Bertz CT molecular complexity index is 1330. The van der Waals surface area contributed by atoms with Crippen LogP contribution < -0.4 is 9.62 Å². The second-order valence-corrected chi connectivity index (χ2v) is 12.0.